The number of amides is 1. The van der Waals surface area contributed by atoms with Crippen LogP contribution in [-0.4, -0.2) is 43.8 Å². The van der Waals surface area contributed by atoms with Gasteiger partial charge in [0.25, 0.3) is 5.91 Å². The van der Waals surface area contributed by atoms with E-state index in [1.165, 1.54) is 6.92 Å². The molecule has 0 saturated carbocycles. The first-order chi connectivity index (χ1) is 8.34. The van der Waals surface area contributed by atoms with E-state index in [4.69, 9.17) is 5.11 Å². The molecule has 2 atom stereocenters. The minimum Gasteiger partial charge on any atom is -0.480 e. The molecule has 100 valence electrons. The second-order valence-corrected chi connectivity index (χ2v) is 4.93. The fourth-order valence-corrected chi connectivity index (χ4v) is 2.05. The zero-order valence-corrected chi connectivity index (χ0v) is 11.1. The van der Waals surface area contributed by atoms with Gasteiger partial charge in [0.2, 0.25) is 0 Å². The van der Waals surface area contributed by atoms with Crippen LogP contribution < -0.4 is 5.32 Å². The van der Waals surface area contributed by atoms with Crippen molar-refractivity contribution in [3.05, 3.63) is 10.6 Å². The van der Waals surface area contributed by atoms with Gasteiger partial charge in [-0.3, -0.25) is 4.79 Å². The summed E-state index contributed by atoms with van der Waals surface area (Å²) in [5.41, 5.74) is 0.521. The van der Waals surface area contributed by atoms with E-state index < -0.39 is 24.0 Å². The summed E-state index contributed by atoms with van der Waals surface area (Å²) < 4.78 is 3.68. The van der Waals surface area contributed by atoms with Crippen LogP contribution in [0.4, 0.5) is 0 Å². The summed E-state index contributed by atoms with van der Waals surface area (Å²) in [5, 5.41) is 24.2. The summed E-state index contributed by atoms with van der Waals surface area (Å²) in [4.78, 5) is 23.0. The van der Waals surface area contributed by atoms with E-state index in [0.717, 1.165) is 11.5 Å². The Morgan fingerprint density at radius 2 is 1.94 bits per heavy atom. The predicted molar refractivity (Wildman–Crippen MR) is 64.6 cm³/mol. The molecule has 0 unspecified atom stereocenters. The molecule has 8 heteroatoms. The van der Waals surface area contributed by atoms with Gasteiger partial charge in [0, 0.05) is 0 Å². The highest BCUT2D eigenvalue weighted by Crippen LogP contribution is 2.19. The van der Waals surface area contributed by atoms with Gasteiger partial charge < -0.3 is 15.5 Å². The summed E-state index contributed by atoms with van der Waals surface area (Å²) in [6.07, 6.45) is -1.19. The number of aliphatic carboxylic acids is 1. The van der Waals surface area contributed by atoms with Crippen molar-refractivity contribution in [1.29, 1.82) is 0 Å². The number of carboxylic acids is 1. The van der Waals surface area contributed by atoms with Gasteiger partial charge in [-0.05, 0) is 24.4 Å². The number of hydrogen-bond acceptors (Lipinski definition) is 6. The third-order valence-electron chi connectivity index (χ3n) is 2.30. The average Bonchev–Trinajstić information content (AvgIpc) is 2.73. The number of nitrogens with one attached hydrogen (secondary N) is 1. The Balaban J connectivity index is 2.87. The summed E-state index contributed by atoms with van der Waals surface area (Å²) in [5.74, 6) is -1.86. The van der Waals surface area contributed by atoms with Crippen LogP contribution in [0.2, 0.25) is 0 Å². The Morgan fingerprint density at radius 3 is 2.39 bits per heavy atom. The summed E-state index contributed by atoms with van der Waals surface area (Å²) in [6.45, 7) is 5.01. The summed E-state index contributed by atoms with van der Waals surface area (Å²) >= 11 is 0.904. The normalized spacial score (nSPS) is 14.3. The third kappa shape index (κ3) is 3.23. The standard InChI is InChI=1S/C10H15N3O4S/c1-4(2)6-8(18-13-12-6)9(15)11-7(5(3)14)10(16)17/h4-5,7,14H,1-3H3,(H,11,15)(H,16,17)/t5-,7+/m1/s1. The Morgan fingerprint density at radius 1 is 1.33 bits per heavy atom. The van der Waals surface area contributed by atoms with Gasteiger partial charge in [-0.25, -0.2) is 4.79 Å². The van der Waals surface area contributed by atoms with E-state index in [1.54, 1.807) is 0 Å². The number of nitrogens with zero attached hydrogens (tertiary/aromatic N) is 2. The third-order valence-corrected chi connectivity index (χ3v) is 3.04. The number of carboxylic acid groups (broad SMARTS) is 1. The topological polar surface area (TPSA) is 112 Å². The van der Waals surface area contributed by atoms with E-state index in [2.05, 4.69) is 14.9 Å². The molecule has 1 amide bonds. The number of carbonyl (C=O) groups is 2. The number of aliphatic hydroxyl groups excluding tert-OH is 1. The highest BCUT2D eigenvalue weighted by molar-refractivity contribution is 7.08. The van der Waals surface area contributed by atoms with Crippen molar-refractivity contribution >= 4 is 23.4 Å². The van der Waals surface area contributed by atoms with Crippen LogP contribution in [0.1, 0.15) is 42.1 Å². The van der Waals surface area contributed by atoms with Gasteiger partial charge in [-0.15, -0.1) is 5.10 Å². The van der Waals surface area contributed by atoms with E-state index in [0.29, 0.717) is 5.69 Å². The van der Waals surface area contributed by atoms with Crippen molar-refractivity contribution < 1.29 is 19.8 Å². The second kappa shape index (κ2) is 5.87. The zero-order valence-electron chi connectivity index (χ0n) is 10.2. The molecule has 0 aliphatic heterocycles. The van der Waals surface area contributed by atoms with E-state index >= 15 is 0 Å². The fourth-order valence-electron chi connectivity index (χ4n) is 1.33. The molecule has 0 spiro atoms. The molecule has 0 aromatic carbocycles. The van der Waals surface area contributed by atoms with Gasteiger partial charge in [-0.1, -0.05) is 18.3 Å². The van der Waals surface area contributed by atoms with E-state index in [1.807, 2.05) is 13.8 Å². The molecular weight excluding hydrogens is 258 g/mol. The van der Waals surface area contributed by atoms with Crippen molar-refractivity contribution in [2.75, 3.05) is 0 Å². The second-order valence-electron chi connectivity index (χ2n) is 4.17. The van der Waals surface area contributed by atoms with Gasteiger partial charge in [0.1, 0.15) is 4.88 Å². The maximum atomic E-state index is 11.9. The van der Waals surface area contributed by atoms with E-state index in [9.17, 15) is 14.7 Å². The fraction of sp³-hybridized carbons (Fsp3) is 0.600. The van der Waals surface area contributed by atoms with Crippen molar-refractivity contribution in [1.82, 2.24) is 14.9 Å². The minimum absolute atomic E-state index is 0.0133. The van der Waals surface area contributed by atoms with Crippen LogP contribution in [-0.2, 0) is 4.79 Å². The number of carbonyl (C=O) groups excluding carboxylic acids is 1. The Bertz CT molecular complexity index is 444. The van der Waals surface area contributed by atoms with Crippen molar-refractivity contribution in [3.8, 4) is 0 Å². The lowest BCUT2D eigenvalue weighted by atomic mass is 10.1. The van der Waals surface area contributed by atoms with Crippen LogP contribution in [0, 0.1) is 0 Å². The molecule has 0 radical (unpaired) electrons. The molecule has 18 heavy (non-hydrogen) atoms. The molecule has 1 heterocycles. The molecule has 0 bridgehead atoms. The quantitative estimate of drug-likeness (QED) is 0.707. The number of hydrogen-bond donors (Lipinski definition) is 3. The maximum absolute atomic E-state index is 11.9. The summed E-state index contributed by atoms with van der Waals surface area (Å²) in [6, 6.07) is -1.35. The molecular formula is C10H15N3O4S. The SMILES string of the molecule is CC(C)c1nnsc1C(=O)N[C@H](C(=O)O)[C@@H](C)O. The first-order valence-corrected chi connectivity index (χ1v) is 6.16. The first-order valence-electron chi connectivity index (χ1n) is 5.38. The summed E-state index contributed by atoms with van der Waals surface area (Å²) in [7, 11) is 0. The number of rotatable bonds is 5. The largest absolute Gasteiger partial charge is 0.480 e. The van der Waals surface area contributed by atoms with Crippen molar-refractivity contribution in [2.24, 2.45) is 0 Å². The molecule has 0 saturated heterocycles. The smallest absolute Gasteiger partial charge is 0.328 e. The average molecular weight is 273 g/mol. The first kappa shape index (κ1) is 14.5. The van der Waals surface area contributed by atoms with Gasteiger partial charge in [-0.2, -0.15) is 0 Å². The molecule has 0 aliphatic rings. The predicted octanol–water partition coefficient (Wildman–Crippen LogP) is 0.225. The molecule has 1 aromatic rings. The lowest BCUT2D eigenvalue weighted by Gasteiger charge is -2.16. The molecule has 7 nitrogen and oxygen atoms in total. The van der Waals surface area contributed by atoms with Crippen LogP contribution in [0.5, 0.6) is 0 Å². The monoisotopic (exact) mass is 273 g/mol. The molecule has 0 aliphatic carbocycles. The molecule has 1 aromatic heterocycles. The van der Waals surface area contributed by atoms with Crippen LogP contribution in [0.15, 0.2) is 0 Å². The highest BCUT2D eigenvalue weighted by atomic mass is 32.1. The zero-order chi connectivity index (χ0) is 13.9. The van der Waals surface area contributed by atoms with Crippen LogP contribution in [0.25, 0.3) is 0 Å². The van der Waals surface area contributed by atoms with Crippen molar-refractivity contribution in [3.63, 3.8) is 0 Å². The molecule has 0 fully saturated rings. The Labute approximate surface area is 108 Å². The van der Waals surface area contributed by atoms with Gasteiger partial charge in [0.05, 0.1) is 11.8 Å². The lowest BCUT2D eigenvalue weighted by molar-refractivity contribution is -0.141. The molecule has 3 N–H and O–H groups in total. The number of aromatic nitrogens is 2. The maximum Gasteiger partial charge on any atom is 0.328 e. The molecule has 1 rings (SSSR count). The van der Waals surface area contributed by atoms with Crippen LogP contribution >= 0.6 is 11.5 Å². The lowest BCUT2D eigenvalue weighted by Crippen LogP contribution is -2.47. The van der Waals surface area contributed by atoms with Gasteiger partial charge >= 0.3 is 5.97 Å². The number of aliphatic hydroxyl groups is 1. The van der Waals surface area contributed by atoms with Crippen molar-refractivity contribution in [2.45, 2.75) is 38.8 Å². The Hall–Kier alpha value is -1.54. The minimum atomic E-state index is -1.35. The highest BCUT2D eigenvalue weighted by Gasteiger charge is 2.28. The van der Waals surface area contributed by atoms with Crippen LogP contribution in [0.3, 0.4) is 0 Å². The van der Waals surface area contributed by atoms with E-state index in [-0.39, 0.29) is 10.8 Å². The Kier molecular flexibility index (Phi) is 4.74. The van der Waals surface area contributed by atoms with Gasteiger partial charge in [0.15, 0.2) is 6.04 Å².